The summed E-state index contributed by atoms with van der Waals surface area (Å²) in [6.07, 6.45) is 40.6. The van der Waals surface area contributed by atoms with E-state index in [4.69, 9.17) is 14.2 Å². The molecule has 0 aliphatic carbocycles. The van der Waals surface area contributed by atoms with Crippen molar-refractivity contribution in [3.8, 4) is 0 Å². The van der Waals surface area contributed by atoms with E-state index < -0.39 is 12.1 Å². The average molecular weight is 791 g/mol. The predicted octanol–water partition coefficient (Wildman–Crippen LogP) is 13.4. The number of amides is 1. The number of carbonyl (C=O) groups is 3. The number of esters is 2. The zero-order chi connectivity index (χ0) is 41.3. The highest BCUT2D eigenvalue weighted by Crippen LogP contribution is 2.13. The minimum Gasteiger partial charge on any atom is -0.463 e. The Labute approximate surface area is 346 Å². The summed E-state index contributed by atoms with van der Waals surface area (Å²) >= 11 is 0. The lowest BCUT2D eigenvalue weighted by Gasteiger charge is -2.30. The average Bonchev–Trinajstić information content (AvgIpc) is 3.17. The molecule has 0 radical (unpaired) electrons. The first-order chi connectivity index (χ1) is 27.2. The van der Waals surface area contributed by atoms with Gasteiger partial charge in [0.2, 0.25) is 0 Å². The van der Waals surface area contributed by atoms with Gasteiger partial charge in [-0.3, -0.25) is 14.5 Å². The Morgan fingerprint density at radius 2 is 0.821 bits per heavy atom. The number of ether oxygens (including phenoxy) is 3. The lowest BCUT2D eigenvalue weighted by atomic mass is 10.1. The fraction of sp³-hybridized carbons (Fsp3) is 0.854. The maximum Gasteiger partial charge on any atom is 0.407 e. The van der Waals surface area contributed by atoms with E-state index in [1.807, 2.05) is 0 Å². The third kappa shape index (κ3) is 37.2. The number of alkyl carbamates (subject to hydrolysis) is 1. The van der Waals surface area contributed by atoms with Crippen molar-refractivity contribution in [1.29, 1.82) is 0 Å². The number of nitrogens with one attached hydrogen (secondary N) is 1. The lowest BCUT2D eigenvalue weighted by molar-refractivity contribution is -0.147. The molecule has 0 bridgehead atoms. The SMILES string of the molecule is CCCCCCCC/C=C\CCCCCCCC(=O)OCC(COC(=O)CCCCCCC/C=C\CCCCCCCC)NC(=O)OCCN(C(C)C)C(C)C. The first-order valence-electron chi connectivity index (χ1n) is 23.5. The van der Waals surface area contributed by atoms with Gasteiger partial charge in [0.1, 0.15) is 25.9 Å². The molecule has 0 unspecified atom stereocenters. The Morgan fingerprint density at radius 3 is 1.18 bits per heavy atom. The van der Waals surface area contributed by atoms with Gasteiger partial charge in [0.05, 0.1) is 0 Å². The topological polar surface area (TPSA) is 94.2 Å². The summed E-state index contributed by atoms with van der Waals surface area (Å²) in [6, 6.07) is -0.0156. The van der Waals surface area contributed by atoms with E-state index in [0.29, 0.717) is 31.5 Å². The molecule has 8 nitrogen and oxygen atoms in total. The van der Waals surface area contributed by atoms with Gasteiger partial charge in [0, 0.05) is 31.5 Å². The highest BCUT2D eigenvalue weighted by Gasteiger charge is 2.19. The Bertz CT molecular complexity index is 901. The molecule has 0 saturated heterocycles. The van der Waals surface area contributed by atoms with Gasteiger partial charge < -0.3 is 19.5 Å². The number of hydrogen-bond acceptors (Lipinski definition) is 7. The van der Waals surface area contributed by atoms with E-state index in [-0.39, 0.29) is 31.8 Å². The maximum atomic E-state index is 12.7. The van der Waals surface area contributed by atoms with Crippen molar-refractivity contribution in [3.63, 3.8) is 0 Å². The summed E-state index contributed by atoms with van der Waals surface area (Å²) in [4.78, 5) is 40.0. The van der Waals surface area contributed by atoms with Gasteiger partial charge in [-0.2, -0.15) is 0 Å². The third-order valence-electron chi connectivity index (χ3n) is 10.4. The van der Waals surface area contributed by atoms with Gasteiger partial charge in [-0.05, 0) is 91.9 Å². The molecule has 0 spiro atoms. The number of carbonyl (C=O) groups excluding carboxylic acids is 3. The molecule has 56 heavy (non-hydrogen) atoms. The van der Waals surface area contributed by atoms with E-state index in [9.17, 15) is 14.4 Å². The van der Waals surface area contributed by atoms with Crippen LogP contribution >= 0.6 is 0 Å². The number of allylic oxidation sites excluding steroid dienone is 4. The Kier molecular flexibility index (Phi) is 39.1. The normalized spacial score (nSPS) is 11.9. The monoisotopic (exact) mass is 791 g/mol. The third-order valence-corrected chi connectivity index (χ3v) is 10.4. The van der Waals surface area contributed by atoms with Gasteiger partial charge in [-0.15, -0.1) is 0 Å². The molecule has 1 amide bonds. The van der Waals surface area contributed by atoms with E-state index in [2.05, 4.69) is 76.1 Å². The van der Waals surface area contributed by atoms with Crippen molar-refractivity contribution in [2.75, 3.05) is 26.4 Å². The zero-order valence-electron chi connectivity index (χ0n) is 37.6. The van der Waals surface area contributed by atoms with Crippen LogP contribution in [0.1, 0.15) is 221 Å². The first-order valence-corrected chi connectivity index (χ1v) is 23.5. The largest absolute Gasteiger partial charge is 0.463 e. The van der Waals surface area contributed by atoms with Crippen LogP contribution in [0.3, 0.4) is 0 Å². The molecule has 0 atom stereocenters. The summed E-state index contributed by atoms with van der Waals surface area (Å²) in [7, 11) is 0. The molecule has 0 aliphatic rings. The van der Waals surface area contributed by atoms with Crippen LogP contribution in [-0.2, 0) is 23.8 Å². The fourth-order valence-corrected chi connectivity index (χ4v) is 6.91. The van der Waals surface area contributed by atoms with E-state index in [1.165, 1.54) is 116 Å². The van der Waals surface area contributed by atoms with Crippen molar-refractivity contribution in [3.05, 3.63) is 24.3 Å². The molecule has 0 rings (SSSR count). The lowest BCUT2D eigenvalue weighted by Crippen LogP contribution is -2.44. The minimum absolute atomic E-state index is 0.0657. The van der Waals surface area contributed by atoms with Crippen LogP contribution in [0.15, 0.2) is 24.3 Å². The molecule has 1 N–H and O–H groups in total. The van der Waals surface area contributed by atoms with Crippen molar-refractivity contribution < 1.29 is 28.6 Å². The molecule has 328 valence electrons. The molecule has 8 heteroatoms. The number of nitrogens with zero attached hydrogens (tertiary/aromatic N) is 1. The van der Waals surface area contributed by atoms with Crippen molar-refractivity contribution in [2.45, 2.75) is 239 Å². The first kappa shape index (κ1) is 53.6. The van der Waals surface area contributed by atoms with E-state index in [1.54, 1.807) is 0 Å². The minimum atomic E-state index is -0.676. The van der Waals surface area contributed by atoms with Gasteiger partial charge in [-0.25, -0.2) is 4.79 Å². The summed E-state index contributed by atoms with van der Waals surface area (Å²) in [6.45, 7) is 13.7. The fourth-order valence-electron chi connectivity index (χ4n) is 6.91. The molecule has 0 fully saturated rings. The molecular weight excluding hydrogens is 701 g/mol. The van der Waals surface area contributed by atoms with Gasteiger partial charge in [0.25, 0.3) is 0 Å². The van der Waals surface area contributed by atoms with Crippen molar-refractivity contribution in [1.82, 2.24) is 10.2 Å². The smallest absolute Gasteiger partial charge is 0.407 e. The van der Waals surface area contributed by atoms with Gasteiger partial charge >= 0.3 is 18.0 Å². The predicted molar refractivity (Wildman–Crippen MR) is 236 cm³/mol. The van der Waals surface area contributed by atoms with Crippen LogP contribution in [0.2, 0.25) is 0 Å². The van der Waals surface area contributed by atoms with Gasteiger partial charge in [0.15, 0.2) is 0 Å². The van der Waals surface area contributed by atoms with E-state index in [0.717, 1.165) is 51.4 Å². The van der Waals surface area contributed by atoms with Gasteiger partial charge in [-0.1, -0.05) is 141 Å². The second-order valence-electron chi connectivity index (χ2n) is 16.4. The molecule has 0 aromatic rings. The Balaban J connectivity index is 4.40. The zero-order valence-corrected chi connectivity index (χ0v) is 37.6. The molecule has 0 saturated carbocycles. The molecular formula is C48H90N2O6. The van der Waals surface area contributed by atoms with Crippen molar-refractivity contribution in [2.24, 2.45) is 0 Å². The molecule has 0 heterocycles. The quantitative estimate of drug-likeness (QED) is 0.0286. The van der Waals surface area contributed by atoms with Crippen molar-refractivity contribution >= 4 is 18.0 Å². The summed E-state index contributed by atoms with van der Waals surface area (Å²) in [5.41, 5.74) is 0. The summed E-state index contributed by atoms with van der Waals surface area (Å²) in [5.74, 6) is -0.598. The van der Waals surface area contributed by atoms with Crippen LogP contribution in [0.4, 0.5) is 4.79 Å². The molecule has 0 aromatic carbocycles. The number of unbranched alkanes of at least 4 members (excludes halogenated alkanes) is 22. The Morgan fingerprint density at radius 1 is 0.482 bits per heavy atom. The summed E-state index contributed by atoms with van der Waals surface area (Å²) in [5, 5.41) is 2.76. The van der Waals surface area contributed by atoms with Crippen LogP contribution < -0.4 is 5.32 Å². The number of rotatable bonds is 40. The molecule has 0 aliphatic heterocycles. The number of hydrogen-bond donors (Lipinski definition) is 1. The van der Waals surface area contributed by atoms with Crippen LogP contribution in [0.25, 0.3) is 0 Å². The van der Waals surface area contributed by atoms with Crippen LogP contribution in [-0.4, -0.2) is 67.4 Å². The second kappa shape index (κ2) is 40.8. The Hall–Kier alpha value is -2.35. The second-order valence-corrected chi connectivity index (χ2v) is 16.4. The maximum absolute atomic E-state index is 12.7. The standard InChI is InChI=1S/C48H90N2O6/c1-7-9-11-13-15-17-19-21-23-25-27-29-31-33-35-37-46(51)55-41-45(49-48(53)54-40-39-50(43(3)4)44(5)6)42-56-47(52)38-36-34-32-30-28-26-24-22-20-18-16-14-12-10-8-2/h21-24,43-45H,7-20,25-42H2,1-6H3,(H,49,53)/b23-21-,24-22-. The summed E-state index contributed by atoms with van der Waals surface area (Å²) < 4.78 is 16.5. The van der Waals surface area contributed by atoms with Crippen LogP contribution in [0, 0.1) is 0 Å². The highest BCUT2D eigenvalue weighted by molar-refractivity contribution is 5.70. The molecule has 0 aromatic heterocycles. The van der Waals surface area contributed by atoms with E-state index >= 15 is 0 Å². The highest BCUT2D eigenvalue weighted by atomic mass is 16.6. The van der Waals surface area contributed by atoms with Crippen LogP contribution in [0.5, 0.6) is 0 Å².